The van der Waals surface area contributed by atoms with Gasteiger partial charge in [0.1, 0.15) is 5.84 Å². The first-order chi connectivity index (χ1) is 7.24. The molecule has 0 aliphatic heterocycles. The summed E-state index contributed by atoms with van der Waals surface area (Å²) in [6.45, 7) is 0. The fourth-order valence-corrected chi connectivity index (χ4v) is 1.58. The van der Waals surface area contributed by atoms with Crippen LogP contribution in [0.25, 0.3) is 5.65 Å². The predicted molar refractivity (Wildman–Crippen MR) is 56.0 cm³/mol. The molecule has 1 aliphatic rings. The van der Waals surface area contributed by atoms with E-state index in [0.29, 0.717) is 11.5 Å². The van der Waals surface area contributed by atoms with Crippen LogP contribution in [0.15, 0.2) is 18.3 Å². The van der Waals surface area contributed by atoms with Gasteiger partial charge in [0, 0.05) is 17.7 Å². The second kappa shape index (κ2) is 2.79. The third-order valence-electron chi connectivity index (χ3n) is 2.61. The van der Waals surface area contributed by atoms with E-state index in [1.807, 2.05) is 0 Å². The predicted octanol–water partition coefficient (Wildman–Crippen LogP) is 0.891. The second-order valence-corrected chi connectivity index (χ2v) is 3.88. The van der Waals surface area contributed by atoms with Crippen LogP contribution in [-0.2, 0) is 0 Å². The average Bonchev–Trinajstić information content (AvgIpc) is 2.97. The Morgan fingerprint density at radius 3 is 3.00 bits per heavy atom. The molecule has 2 heterocycles. The maximum absolute atomic E-state index is 7.33. The Kier molecular flexibility index (Phi) is 1.56. The molecular formula is C10H11N5. The minimum atomic E-state index is 0.0634. The van der Waals surface area contributed by atoms with Crippen molar-refractivity contribution in [2.75, 3.05) is 0 Å². The molecule has 5 nitrogen and oxygen atoms in total. The van der Waals surface area contributed by atoms with Crippen molar-refractivity contribution < 1.29 is 0 Å². The van der Waals surface area contributed by atoms with Gasteiger partial charge in [-0.05, 0) is 25.0 Å². The fourth-order valence-electron chi connectivity index (χ4n) is 1.58. The zero-order chi connectivity index (χ0) is 10.4. The molecule has 0 saturated heterocycles. The summed E-state index contributed by atoms with van der Waals surface area (Å²) in [6, 6.07) is 3.57. The summed E-state index contributed by atoms with van der Waals surface area (Å²) in [4.78, 5) is 4.42. The number of nitrogen functional groups attached to an aromatic ring is 1. The molecule has 1 saturated carbocycles. The van der Waals surface area contributed by atoms with Crippen molar-refractivity contribution in [3.63, 3.8) is 0 Å². The van der Waals surface area contributed by atoms with Crippen LogP contribution in [0.3, 0.4) is 0 Å². The van der Waals surface area contributed by atoms with Gasteiger partial charge in [-0.25, -0.2) is 9.50 Å². The normalized spacial score (nSPS) is 15.7. The SMILES string of the molecule is N=C(N)c1ccn2nc(C3CC3)nc2c1. The fraction of sp³-hybridized carbons (Fsp3) is 0.300. The van der Waals surface area contributed by atoms with E-state index in [2.05, 4.69) is 10.1 Å². The second-order valence-electron chi connectivity index (χ2n) is 3.88. The van der Waals surface area contributed by atoms with Crippen LogP contribution in [-0.4, -0.2) is 20.4 Å². The zero-order valence-corrected chi connectivity index (χ0v) is 8.14. The van der Waals surface area contributed by atoms with Crippen LogP contribution >= 0.6 is 0 Å². The number of nitrogens with two attached hydrogens (primary N) is 1. The van der Waals surface area contributed by atoms with Crippen molar-refractivity contribution in [3.8, 4) is 0 Å². The lowest BCUT2D eigenvalue weighted by atomic mass is 10.2. The smallest absolute Gasteiger partial charge is 0.156 e. The van der Waals surface area contributed by atoms with E-state index >= 15 is 0 Å². The van der Waals surface area contributed by atoms with Crippen LogP contribution in [0, 0.1) is 5.41 Å². The molecule has 76 valence electrons. The van der Waals surface area contributed by atoms with Crippen molar-refractivity contribution in [2.24, 2.45) is 5.73 Å². The third-order valence-corrected chi connectivity index (χ3v) is 2.61. The molecule has 0 aromatic carbocycles. The molecule has 2 aromatic heterocycles. The molecule has 0 unspecified atom stereocenters. The molecule has 5 heteroatoms. The van der Waals surface area contributed by atoms with E-state index in [1.165, 1.54) is 12.8 Å². The Balaban J connectivity index is 2.13. The molecule has 0 amide bonds. The van der Waals surface area contributed by atoms with Crippen molar-refractivity contribution in [2.45, 2.75) is 18.8 Å². The van der Waals surface area contributed by atoms with Crippen LogP contribution in [0.4, 0.5) is 0 Å². The zero-order valence-electron chi connectivity index (χ0n) is 8.14. The van der Waals surface area contributed by atoms with E-state index in [0.717, 1.165) is 11.5 Å². The summed E-state index contributed by atoms with van der Waals surface area (Å²) in [7, 11) is 0. The summed E-state index contributed by atoms with van der Waals surface area (Å²) in [5.41, 5.74) is 6.87. The number of aromatic nitrogens is 3. The Hall–Kier alpha value is -1.91. The van der Waals surface area contributed by atoms with Crippen molar-refractivity contribution in [3.05, 3.63) is 29.7 Å². The summed E-state index contributed by atoms with van der Waals surface area (Å²) >= 11 is 0. The van der Waals surface area contributed by atoms with Crippen LogP contribution in [0.1, 0.15) is 30.1 Å². The molecular weight excluding hydrogens is 190 g/mol. The highest BCUT2D eigenvalue weighted by Crippen LogP contribution is 2.38. The average molecular weight is 201 g/mol. The van der Waals surface area contributed by atoms with E-state index < -0.39 is 0 Å². The topological polar surface area (TPSA) is 80.1 Å². The Morgan fingerprint density at radius 1 is 1.53 bits per heavy atom. The lowest BCUT2D eigenvalue weighted by Crippen LogP contribution is -2.11. The summed E-state index contributed by atoms with van der Waals surface area (Å²) in [5, 5.41) is 11.7. The number of hydrogen-bond donors (Lipinski definition) is 2. The number of fused-ring (bicyclic) bond motifs is 1. The quantitative estimate of drug-likeness (QED) is 0.559. The molecule has 2 aromatic rings. The monoisotopic (exact) mass is 201 g/mol. The minimum absolute atomic E-state index is 0.0634. The Morgan fingerprint density at radius 2 is 2.33 bits per heavy atom. The molecule has 0 bridgehead atoms. The third kappa shape index (κ3) is 1.36. The first kappa shape index (κ1) is 8.40. The van der Waals surface area contributed by atoms with Crippen LogP contribution in [0.2, 0.25) is 0 Å². The number of hydrogen-bond acceptors (Lipinski definition) is 3. The number of nitrogens with one attached hydrogen (secondary N) is 1. The molecule has 3 N–H and O–H groups in total. The standard InChI is InChI=1S/C10H11N5/c11-9(12)7-3-4-15-8(5-7)13-10(14-15)6-1-2-6/h3-6H,1-2H2,(H3,11,12). The van der Waals surface area contributed by atoms with Gasteiger partial charge < -0.3 is 5.73 Å². The number of pyridine rings is 1. The highest BCUT2D eigenvalue weighted by atomic mass is 15.3. The van der Waals surface area contributed by atoms with Crippen LogP contribution in [0.5, 0.6) is 0 Å². The van der Waals surface area contributed by atoms with E-state index in [1.54, 1.807) is 22.8 Å². The minimum Gasteiger partial charge on any atom is -0.384 e. The summed E-state index contributed by atoms with van der Waals surface area (Å²) < 4.78 is 1.74. The van der Waals surface area contributed by atoms with Gasteiger partial charge in [-0.2, -0.15) is 5.10 Å². The number of rotatable bonds is 2. The van der Waals surface area contributed by atoms with Crippen molar-refractivity contribution >= 4 is 11.5 Å². The molecule has 0 spiro atoms. The first-order valence-electron chi connectivity index (χ1n) is 4.95. The first-order valence-corrected chi connectivity index (χ1v) is 4.95. The maximum Gasteiger partial charge on any atom is 0.156 e. The number of amidine groups is 1. The van der Waals surface area contributed by atoms with Gasteiger partial charge >= 0.3 is 0 Å². The van der Waals surface area contributed by atoms with Gasteiger partial charge in [-0.1, -0.05) is 0 Å². The Labute approximate surface area is 86.4 Å². The van der Waals surface area contributed by atoms with Crippen molar-refractivity contribution in [1.29, 1.82) is 5.41 Å². The molecule has 1 aliphatic carbocycles. The van der Waals surface area contributed by atoms with Crippen LogP contribution < -0.4 is 5.73 Å². The van der Waals surface area contributed by atoms with E-state index in [-0.39, 0.29) is 5.84 Å². The summed E-state index contributed by atoms with van der Waals surface area (Å²) in [5.74, 6) is 1.52. The molecule has 15 heavy (non-hydrogen) atoms. The highest BCUT2D eigenvalue weighted by molar-refractivity contribution is 5.95. The van der Waals surface area contributed by atoms with Gasteiger partial charge in [0.2, 0.25) is 0 Å². The van der Waals surface area contributed by atoms with Crippen molar-refractivity contribution in [1.82, 2.24) is 14.6 Å². The van der Waals surface area contributed by atoms with E-state index in [4.69, 9.17) is 11.1 Å². The van der Waals surface area contributed by atoms with Gasteiger partial charge in [0.25, 0.3) is 0 Å². The molecule has 1 fully saturated rings. The van der Waals surface area contributed by atoms with Gasteiger partial charge in [-0.3, -0.25) is 5.41 Å². The van der Waals surface area contributed by atoms with Gasteiger partial charge in [0.15, 0.2) is 11.5 Å². The highest BCUT2D eigenvalue weighted by Gasteiger charge is 2.27. The van der Waals surface area contributed by atoms with Gasteiger partial charge in [-0.15, -0.1) is 0 Å². The maximum atomic E-state index is 7.33. The lowest BCUT2D eigenvalue weighted by Gasteiger charge is -1.96. The molecule has 0 radical (unpaired) electrons. The largest absolute Gasteiger partial charge is 0.384 e. The lowest BCUT2D eigenvalue weighted by molar-refractivity contribution is 0.878. The Bertz CT molecular complexity index is 538. The molecule has 0 atom stereocenters. The summed E-state index contributed by atoms with van der Waals surface area (Å²) in [6.07, 6.45) is 4.18. The van der Waals surface area contributed by atoms with E-state index in [9.17, 15) is 0 Å². The van der Waals surface area contributed by atoms with Gasteiger partial charge in [0.05, 0.1) is 0 Å². The number of nitrogens with zero attached hydrogens (tertiary/aromatic N) is 3. The molecule has 3 rings (SSSR count).